The lowest BCUT2D eigenvalue weighted by molar-refractivity contribution is -0.126. The number of ether oxygens (including phenoxy) is 1. The number of carbonyl (C=O) groups excluding carboxylic acids is 1. The van der Waals surface area contributed by atoms with Crippen LogP contribution in [0, 0.1) is 13.8 Å². The molecule has 3 N–H and O–H groups in total. The Labute approximate surface area is 119 Å². The van der Waals surface area contributed by atoms with Gasteiger partial charge >= 0.3 is 0 Å². The van der Waals surface area contributed by atoms with Crippen LogP contribution in [-0.2, 0) is 9.53 Å². The molecule has 2 rings (SSSR count). The first-order valence-corrected chi connectivity index (χ1v) is 6.79. The second-order valence-electron chi connectivity index (χ2n) is 4.40. The van der Waals surface area contributed by atoms with Gasteiger partial charge in [0.15, 0.2) is 0 Å². The maximum Gasteiger partial charge on any atom is 0.263 e. The van der Waals surface area contributed by atoms with Gasteiger partial charge in [-0.25, -0.2) is 10.8 Å². The molecule has 7 nitrogen and oxygen atoms in total. The van der Waals surface area contributed by atoms with Crippen molar-refractivity contribution in [2.45, 2.75) is 19.9 Å². The predicted octanol–water partition coefficient (Wildman–Crippen LogP) is 0.252. The van der Waals surface area contributed by atoms with Gasteiger partial charge in [-0.1, -0.05) is 0 Å². The average Bonchev–Trinajstić information content (AvgIpc) is 2.72. The Morgan fingerprint density at radius 1 is 1.60 bits per heavy atom. The van der Waals surface area contributed by atoms with Gasteiger partial charge in [-0.2, -0.15) is 0 Å². The first-order valence-electron chi connectivity index (χ1n) is 5.97. The Hall–Kier alpha value is -1.77. The Morgan fingerprint density at radius 3 is 2.90 bits per heavy atom. The Kier molecular flexibility index (Phi) is 4.17. The lowest BCUT2D eigenvalue weighted by Crippen LogP contribution is -2.42. The van der Waals surface area contributed by atoms with E-state index in [0.717, 1.165) is 10.4 Å². The number of nitrogens with zero attached hydrogens (tertiary/aromatic N) is 2. The smallest absolute Gasteiger partial charge is 0.263 e. The minimum Gasteiger partial charge on any atom is -0.382 e. The van der Waals surface area contributed by atoms with Crippen molar-refractivity contribution in [2.75, 3.05) is 13.7 Å². The van der Waals surface area contributed by atoms with Crippen molar-refractivity contribution in [3.63, 3.8) is 0 Å². The minimum absolute atomic E-state index is 0.0400. The molecule has 0 spiro atoms. The summed E-state index contributed by atoms with van der Waals surface area (Å²) < 4.78 is 6.24. The fourth-order valence-electron chi connectivity index (χ4n) is 2.01. The summed E-state index contributed by atoms with van der Waals surface area (Å²) in [7, 11) is 1.45. The molecule has 8 heteroatoms. The first-order chi connectivity index (χ1) is 9.51. The van der Waals surface area contributed by atoms with E-state index in [9.17, 15) is 9.59 Å². The van der Waals surface area contributed by atoms with Crippen LogP contribution in [0.3, 0.4) is 0 Å². The van der Waals surface area contributed by atoms with Gasteiger partial charge in [0.05, 0.1) is 18.3 Å². The largest absolute Gasteiger partial charge is 0.382 e. The molecule has 0 bridgehead atoms. The number of hydrogen-bond acceptors (Lipinski definition) is 6. The van der Waals surface area contributed by atoms with Gasteiger partial charge in [-0.15, -0.1) is 11.3 Å². The van der Waals surface area contributed by atoms with Crippen molar-refractivity contribution in [1.29, 1.82) is 0 Å². The number of nitrogens with two attached hydrogens (primary N) is 1. The molecule has 0 aromatic carbocycles. The van der Waals surface area contributed by atoms with Gasteiger partial charge < -0.3 is 4.74 Å². The fourth-order valence-corrected chi connectivity index (χ4v) is 2.99. The zero-order chi connectivity index (χ0) is 14.9. The highest BCUT2D eigenvalue weighted by molar-refractivity contribution is 7.18. The standard InChI is InChI=1S/C12H16N4O3S/c1-6-7(2)20-11-9(6)12(18)16(5-14-11)8(4-19-3)10(17)15-13/h5,8H,4,13H2,1-3H3,(H,15,17). The van der Waals surface area contributed by atoms with Gasteiger partial charge in [-0.05, 0) is 19.4 Å². The van der Waals surface area contributed by atoms with Gasteiger partial charge in [0.2, 0.25) is 0 Å². The van der Waals surface area contributed by atoms with Gasteiger partial charge in [0, 0.05) is 12.0 Å². The molecule has 0 aliphatic carbocycles. The number of nitrogens with one attached hydrogen (secondary N) is 1. The summed E-state index contributed by atoms with van der Waals surface area (Å²) in [5.41, 5.74) is 2.67. The highest BCUT2D eigenvalue weighted by atomic mass is 32.1. The number of hydrazine groups is 1. The number of carbonyl (C=O) groups is 1. The summed E-state index contributed by atoms with van der Waals surface area (Å²) >= 11 is 1.46. The monoisotopic (exact) mass is 296 g/mol. The summed E-state index contributed by atoms with van der Waals surface area (Å²) in [6.07, 6.45) is 1.36. The quantitative estimate of drug-likeness (QED) is 0.479. The zero-order valence-electron chi connectivity index (χ0n) is 11.5. The van der Waals surface area contributed by atoms with Crippen LogP contribution in [0.25, 0.3) is 10.2 Å². The second kappa shape index (κ2) is 5.70. The van der Waals surface area contributed by atoms with E-state index in [2.05, 4.69) is 4.98 Å². The molecule has 1 unspecified atom stereocenters. The number of amides is 1. The maximum atomic E-state index is 12.6. The first kappa shape index (κ1) is 14.6. The van der Waals surface area contributed by atoms with Crippen LogP contribution >= 0.6 is 11.3 Å². The number of hydrogen-bond donors (Lipinski definition) is 2. The van der Waals surface area contributed by atoms with E-state index in [0.29, 0.717) is 10.2 Å². The molecule has 0 aliphatic heterocycles. The molecule has 1 atom stereocenters. The van der Waals surface area contributed by atoms with Crippen LogP contribution in [0.4, 0.5) is 0 Å². The average molecular weight is 296 g/mol. The normalized spacial score (nSPS) is 12.6. The third-order valence-electron chi connectivity index (χ3n) is 3.22. The molecule has 0 fully saturated rings. The molecule has 0 radical (unpaired) electrons. The summed E-state index contributed by atoms with van der Waals surface area (Å²) in [6, 6.07) is -0.839. The van der Waals surface area contributed by atoms with Crippen LogP contribution in [0.15, 0.2) is 11.1 Å². The molecule has 0 saturated heterocycles. The fraction of sp³-hybridized carbons (Fsp3) is 0.417. The summed E-state index contributed by atoms with van der Waals surface area (Å²) in [5, 5.41) is 0.543. The van der Waals surface area contributed by atoms with Crippen molar-refractivity contribution in [2.24, 2.45) is 5.84 Å². The van der Waals surface area contributed by atoms with E-state index in [1.807, 2.05) is 19.3 Å². The van der Waals surface area contributed by atoms with Crippen molar-refractivity contribution >= 4 is 27.5 Å². The number of aromatic nitrogens is 2. The van der Waals surface area contributed by atoms with Crippen LogP contribution < -0.4 is 16.8 Å². The summed E-state index contributed by atoms with van der Waals surface area (Å²) in [6.45, 7) is 3.85. The summed E-state index contributed by atoms with van der Waals surface area (Å²) in [5.74, 6) is 4.65. The Morgan fingerprint density at radius 2 is 2.30 bits per heavy atom. The van der Waals surface area contributed by atoms with E-state index in [1.165, 1.54) is 29.3 Å². The van der Waals surface area contributed by atoms with Crippen LogP contribution in [0.1, 0.15) is 16.5 Å². The highest BCUT2D eigenvalue weighted by Gasteiger charge is 2.23. The molecule has 2 aromatic rings. The van der Waals surface area contributed by atoms with Crippen LogP contribution in [0.5, 0.6) is 0 Å². The zero-order valence-corrected chi connectivity index (χ0v) is 12.3. The van der Waals surface area contributed by atoms with Crippen LogP contribution in [0.2, 0.25) is 0 Å². The molecule has 20 heavy (non-hydrogen) atoms. The number of methoxy groups -OCH3 is 1. The number of rotatable bonds is 4. The van der Waals surface area contributed by atoms with E-state index >= 15 is 0 Å². The maximum absolute atomic E-state index is 12.6. The van der Waals surface area contributed by atoms with Crippen molar-refractivity contribution < 1.29 is 9.53 Å². The minimum atomic E-state index is -0.839. The number of fused-ring (bicyclic) bond motifs is 1. The number of thiophene rings is 1. The molecule has 0 aliphatic rings. The Balaban J connectivity index is 2.64. The topological polar surface area (TPSA) is 99.2 Å². The third kappa shape index (κ3) is 2.33. The summed E-state index contributed by atoms with van der Waals surface area (Å²) in [4.78, 5) is 30.3. The van der Waals surface area contributed by atoms with Crippen molar-refractivity contribution in [1.82, 2.24) is 15.0 Å². The van der Waals surface area contributed by atoms with E-state index < -0.39 is 11.9 Å². The molecular weight excluding hydrogens is 280 g/mol. The van der Waals surface area contributed by atoms with E-state index in [4.69, 9.17) is 10.6 Å². The predicted molar refractivity (Wildman–Crippen MR) is 76.6 cm³/mol. The Bertz CT molecular complexity index is 707. The van der Waals surface area contributed by atoms with Gasteiger partial charge in [0.25, 0.3) is 11.5 Å². The van der Waals surface area contributed by atoms with Gasteiger partial charge in [-0.3, -0.25) is 19.6 Å². The van der Waals surface area contributed by atoms with Crippen molar-refractivity contribution in [3.05, 3.63) is 27.1 Å². The van der Waals surface area contributed by atoms with E-state index in [-0.39, 0.29) is 12.2 Å². The number of aryl methyl sites for hydroxylation is 2. The lowest BCUT2D eigenvalue weighted by atomic mass is 10.2. The SMILES string of the molecule is COCC(C(=O)NN)n1cnc2sc(C)c(C)c2c1=O. The second-order valence-corrected chi connectivity index (χ2v) is 5.60. The molecular formula is C12H16N4O3S. The molecule has 1 amide bonds. The molecule has 2 heterocycles. The van der Waals surface area contributed by atoms with Gasteiger partial charge in [0.1, 0.15) is 10.9 Å². The van der Waals surface area contributed by atoms with Crippen LogP contribution in [-0.4, -0.2) is 29.2 Å². The molecule has 0 saturated carbocycles. The highest BCUT2D eigenvalue weighted by Crippen LogP contribution is 2.25. The molecule has 2 aromatic heterocycles. The van der Waals surface area contributed by atoms with E-state index in [1.54, 1.807) is 0 Å². The lowest BCUT2D eigenvalue weighted by Gasteiger charge is -2.16. The third-order valence-corrected chi connectivity index (χ3v) is 4.33. The van der Waals surface area contributed by atoms with Crippen molar-refractivity contribution in [3.8, 4) is 0 Å². The molecule has 108 valence electrons.